The Kier molecular flexibility index (Phi) is 20.1. The highest BCUT2D eigenvalue weighted by atomic mass is 16.5. The smallest absolute Gasteiger partial charge is 0.281 e. The van der Waals surface area contributed by atoms with Gasteiger partial charge in [-0.15, -0.1) is 0 Å². The number of hydrogen-bond donors (Lipinski definition) is 4. The molecule has 15 heteroatoms. The lowest BCUT2D eigenvalue weighted by molar-refractivity contribution is -0.136. The molecule has 4 aromatic rings. The van der Waals surface area contributed by atoms with Crippen molar-refractivity contribution >= 4 is 28.8 Å². The van der Waals surface area contributed by atoms with E-state index in [-0.39, 0.29) is 54.0 Å². The summed E-state index contributed by atoms with van der Waals surface area (Å²) in [6.07, 6.45) is 20.9. The van der Waals surface area contributed by atoms with Gasteiger partial charge in [-0.05, 0) is 153 Å². The summed E-state index contributed by atoms with van der Waals surface area (Å²) in [6, 6.07) is 17.7. The third kappa shape index (κ3) is 14.4. The summed E-state index contributed by atoms with van der Waals surface area (Å²) in [4.78, 5) is 58.5. The highest BCUT2D eigenvalue weighted by molar-refractivity contribution is 5.89. The van der Waals surface area contributed by atoms with Gasteiger partial charge in [-0.3, -0.25) is 28.4 Å². The fourth-order valence-electron chi connectivity index (χ4n) is 15.6. The van der Waals surface area contributed by atoms with E-state index in [0.29, 0.717) is 106 Å². The molecule has 3 amide bonds. The zero-order valence-electron chi connectivity index (χ0n) is 49.6. The van der Waals surface area contributed by atoms with Gasteiger partial charge in [0.2, 0.25) is 17.7 Å². The second kappa shape index (κ2) is 27.0. The van der Waals surface area contributed by atoms with Crippen LogP contribution in [0.5, 0.6) is 0 Å². The van der Waals surface area contributed by atoms with Crippen LogP contribution in [0.4, 0.5) is 0 Å². The second-order valence-electron chi connectivity index (χ2n) is 26.1. The van der Waals surface area contributed by atoms with Crippen LogP contribution in [0, 0.1) is 46.3 Å². The molecule has 15 nitrogen and oxygen atoms in total. The van der Waals surface area contributed by atoms with Crippen molar-refractivity contribution in [2.24, 2.45) is 53.4 Å². The zero-order valence-corrected chi connectivity index (χ0v) is 49.6. The van der Waals surface area contributed by atoms with Crippen LogP contribution in [0.25, 0.3) is 22.3 Å². The van der Waals surface area contributed by atoms with Gasteiger partial charge in [-0.1, -0.05) is 114 Å². The van der Waals surface area contributed by atoms with E-state index in [1.165, 1.54) is 55.8 Å². The minimum atomic E-state index is -1.16. The number of carbonyl (C=O) groups excluding carboxylic acids is 3. The number of fused-ring (bicyclic) bond motifs is 6. The molecule has 1 saturated heterocycles. The molecule has 5 aliphatic rings. The van der Waals surface area contributed by atoms with Crippen molar-refractivity contribution in [1.29, 1.82) is 0 Å². The normalized spacial score (nSPS) is 26.2. The van der Waals surface area contributed by atoms with Crippen LogP contribution in [0.1, 0.15) is 167 Å². The molecule has 442 valence electrons. The average molecular weight is 1110 g/mol. The molecule has 3 heterocycles. The van der Waals surface area contributed by atoms with E-state index in [1.54, 1.807) is 17.3 Å². The van der Waals surface area contributed by atoms with Crippen LogP contribution < -0.4 is 16.2 Å². The summed E-state index contributed by atoms with van der Waals surface area (Å²) in [5.41, 5.74) is 5.10. The Hall–Kier alpha value is -5.22. The van der Waals surface area contributed by atoms with E-state index in [9.17, 15) is 29.4 Å². The predicted molar refractivity (Wildman–Crippen MR) is 317 cm³/mol. The van der Waals surface area contributed by atoms with Gasteiger partial charge >= 0.3 is 0 Å². The van der Waals surface area contributed by atoms with Crippen LogP contribution in [0.15, 0.2) is 77.4 Å². The molecule has 4 fully saturated rings. The summed E-state index contributed by atoms with van der Waals surface area (Å²) in [5, 5.41) is 32.5. The molecule has 0 radical (unpaired) electrons. The Morgan fingerprint density at radius 3 is 2.37 bits per heavy atom. The Morgan fingerprint density at radius 1 is 0.827 bits per heavy atom. The monoisotopic (exact) mass is 1110 g/mol. The molecule has 1 unspecified atom stereocenters. The molecule has 2 aromatic carbocycles. The molecule has 10 atom stereocenters. The number of ether oxygens (including phenoxy) is 2. The average Bonchev–Trinajstić information content (AvgIpc) is 3.17. The molecule has 0 bridgehead atoms. The third-order valence-corrected chi connectivity index (χ3v) is 20.5. The molecule has 1 aliphatic heterocycles. The summed E-state index contributed by atoms with van der Waals surface area (Å²) in [6.45, 7) is 15.6. The number of aliphatic hydroxyl groups excluding tert-OH is 1. The van der Waals surface area contributed by atoms with E-state index in [4.69, 9.17) is 9.47 Å². The van der Waals surface area contributed by atoms with Gasteiger partial charge in [0, 0.05) is 71.5 Å². The number of likely N-dealkylation sites (tertiary alicyclic amines) is 1. The topological polar surface area (TPSA) is 190 Å². The quantitative estimate of drug-likeness (QED) is 0.0348. The Morgan fingerprint density at radius 2 is 1.59 bits per heavy atom. The lowest BCUT2D eigenvalue weighted by atomic mass is 9.47. The van der Waals surface area contributed by atoms with Gasteiger partial charge in [0.05, 0.1) is 30.3 Å². The number of rotatable bonds is 26. The van der Waals surface area contributed by atoms with E-state index in [2.05, 4.69) is 61.4 Å². The first-order valence-corrected chi connectivity index (χ1v) is 31.1. The number of nitrogens with one attached hydrogen (secondary N) is 2. The number of piperidine rings is 1. The zero-order chi connectivity index (χ0) is 57.3. The predicted octanol–water partition coefficient (Wildman–Crippen LogP) is 10.1. The van der Waals surface area contributed by atoms with Crippen molar-refractivity contribution in [3.8, 4) is 11.3 Å². The molecule has 9 rings (SSSR count). The summed E-state index contributed by atoms with van der Waals surface area (Å²) in [5.74, 6) is 4.43. The highest BCUT2D eigenvalue weighted by Crippen LogP contribution is 2.67. The maximum atomic E-state index is 13.7. The third-order valence-electron chi connectivity index (χ3n) is 20.5. The Labute approximate surface area is 481 Å². The van der Waals surface area contributed by atoms with Crippen molar-refractivity contribution < 1.29 is 34.1 Å². The van der Waals surface area contributed by atoms with Gasteiger partial charge in [-0.25, -0.2) is 4.98 Å². The van der Waals surface area contributed by atoms with Crippen molar-refractivity contribution in [3.05, 3.63) is 94.1 Å². The van der Waals surface area contributed by atoms with Crippen molar-refractivity contribution in [1.82, 2.24) is 34.9 Å². The number of aryl methyl sites for hydroxylation is 1. The number of aromatic nitrogens is 4. The van der Waals surface area contributed by atoms with Crippen LogP contribution in [0.2, 0.25) is 0 Å². The summed E-state index contributed by atoms with van der Waals surface area (Å²) < 4.78 is 14.7. The van der Waals surface area contributed by atoms with Gasteiger partial charge < -0.3 is 35.2 Å². The molecule has 0 spiro atoms. The first-order chi connectivity index (χ1) is 38.9. The highest BCUT2D eigenvalue weighted by Gasteiger charge is 2.59. The van der Waals surface area contributed by atoms with Crippen LogP contribution in [-0.2, 0) is 44.0 Å². The molecule has 3 saturated carbocycles. The SMILES string of the molecule is CC(CCC[C@H](C)[C@@H]1CC[C@@H]2[C@H]3CC=C4C[C@H](O)CC[C@@]4(C)[C@@H]3CC[C@]21C)COCC(=O)NCCCCOCCCC(=O)NCc1ccc(-c2c3ncn(CC4(O)CCN(C(=O)C[C@@H](C)c5ccccc5)CC4)c(=O)c3nn2C)cc1. The fourth-order valence-corrected chi connectivity index (χ4v) is 15.6. The minimum Gasteiger partial charge on any atom is -0.393 e. The lowest BCUT2D eigenvalue weighted by Gasteiger charge is -2.58. The van der Waals surface area contributed by atoms with Crippen molar-refractivity contribution in [2.45, 2.75) is 181 Å². The summed E-state index contributed by atoms with van der Waals surface area (Å²) in [7, 11) is 1.78. The lowest BCUT2D eigenvalue weighted by Crippen LogP contribution is -2.50. The molecule has 2 aromatic heterocycles. The van der Waals surface area contributed by atoms with E-state index >= 15 is 0 Å². The standard InChI is InChI=1S/C66H95N7O8/c1-45(14-12-15-46(2)54-25-26-55-53-24-23-51-39-52(74)27-29-64(51,4)56(53)28-30-65(54,55)5)41-81-42-58(76)67-33-10-11-36-80-37-13-18-57(75)68-40-48-19-21-50(22-20-48)62-60-61(70-71(62)6)63(78)73(44-69-60)43-66(79)31-34-72(35-32-66)59(77)38-47(3)49-16-8-7-9-17-49/h7-9,16-17,19-23,44-47,52-56,74,79H,10-15,18,24-43H2,1-6H3,(H,67,76)(H,68,75)/t45?,46-,47+,52+,53+,54-,55+,56+,64+,65-/m0/s1. The second-order valence-corrected chi connectivity index (χ2v) is 26.1. The Balaban J connectivity index is 0.590. The van der Waals surface area contributed by atoms with Crippen molar-refractivity contribution in [3.63, 3.8) is 0 Å². The number of amides is 3. The number of benzene rings is 2. The number of aliphatic hydroxyl groups is 2. The number of hydrogen-bond acceptors (Lipinski definition) is 10. The molecular formula is C66H95N7O8. The van der Waals surface area contributed by atoms with Gasteiger partial charge in [0.1, 0.15) is 12.1 Å². The molecule has 81 heavy (non-hydrogen) atoms. The maximum Gasteiger partial charge on any atom is 0.281 e. The molecule has 4 aliphatic carbocycles. The minimum absolute atomic E-state index is 0.0518. The van der Waals surface area contributed by atoms with E-state index in [1.807, 2.05) is 59.5 Å². The number of allylic oxidation sites excluding steroid dienone is 1. The van der Waals surface area contributed by atoms with Crippen LogP contribution in [0.3, 0.4) is 0 Å². The number of carbonyl (C=O) groups is 3. The number of nitrogens with zero attached hydrogens (tertiary/aromatic N) is 5. The largest absolute Gasteiger partial charge is 0.393 e. The Bertz CT molecular complexity index is 2840. The van der Waals surface area contributed by atoms with Crippen LogP contribution >= 0.6 is 0 Å². The molecular weight excluding hydrogens is 1020 g/mol. The van der Waals surface area contributed by atoms with Crippen molar-refractivity contribution in [2.75, 3.05) is 46.1 Å². The van der Waals surface area contributed by atoms with E-state index < -0.39 is 5.60 Å². The first-order valence-electron chi connectivity index (χ1n) is 31.1. The maximum absolute atomic E-state index is 13.7. The first kappa shape index (κ1) is 60.4. The number of unbranched alkanes of at least 4 members (excludes halogenated alkanes) is 1. The molecule has 4 N–H and O–H groups in total. The van der Waals surface area contributed by atoms with Crippen LogP contribution in [-0.4, -0.2) is 110 Å². The van der Waals surface area contributed by atoms with Gasteiger partial charge in [0.15, 0.2) is 5.52 Å². The summed E-state index contributed by atoms with van der Waals surface area (Å²) >= 11 is 0. The fraction of sp³-hybridized carbons (Fsp3) is 0.667. The van der Waals surface area contributed by atoms with Gasteiger partial charge in [-0.2, -0.15) is 5.10 Å². The van der Waals surface area contributed by atoms with E-state index in [0.717, 1.165) is 84.8 Å². The van der Waals surface area contributed by atoms with Gasteiger partial charge in [0.25, 0.3) is 5.56 Å².